The maximum Gasteiger partial charge on any atom is 0.231 e. The van der Waals surface area contributed by atoms with Crippen molar-refractivity contribution in [3.8, 4) is 5.75 Å². The van der Waals surface area contributed by atoms with E-state index in [0.29, 0.717) is 29.8 Å². The number of pyridine rings is 2. The van der Waals surface area contributed by atoms with Gasteiger partial charge in [-0.15, -0.1) is 0 Å². The molecule has 3 heterocycles. The number of nitrogens with one attached hydrogen (secondary N) is 3. The number of hydrogen-bond acceptors (Lipinski definition) is 10. The monoisotopic (exact) mass is 495 g/mol. The van der Waals surface area contributed by atoms with Crippen LogP contribution in [0.4, 0.5) is 23.3 Å². The molecule has 188 valence electrons. The van der Waals surface area contributed by atoms with E-state index in [1.165, 1.54) is 0 Å². The summed E-state index contributed by atoms with van der Waals surface area (Å²) in [4.78, 5) is 17.6. The number of hydrogen-bond donors (Lipinski definition) is 3. The third-order valence-electron chi connectivity index (χ3n) is 5.57. The molecule has 37 heavy (non-hydrogen) atoms. The Bertz CT molecular complexity index is 1310. The number of anilines is 4. The fourth-order valence-corrected chi connectivity index (χ4v) is 3.52. The lowest BCUT2D eigenvalue weighted by Crippen LogP contribution is -2.11. The highest BCUT2D eigenvalue weighted by Gasteiger charge is 2.15. The van der Waals surface area contributed by atoms with Crippen molar-refractivity contribution in [1.82, 2.24) is 19.9 Å². The second kappa shape index (κ2) is 12.2. The van der Waals surface area contributed by atoms with Crippen LogP contribution in [0.3, 0.4) is 0 Å². The molecule has 10 heteroatoms. The Morgan fingerprint density at radius 1 is 0.784 bits per heavy atom. The van der Waals surface area contributed by atoms with E-state index in [0.717, 1.165) is 33.8 Å². The first kappa shape index (κ1) is 25.2. The lowest BCUT2D eigenvalue weighted by atomic mass is 10.2. The molecule has 4 aromatic rings. The molecule has 0 aliphatic heterocycles. The van der Waals surface area contributed by atoms with E-state index >= 15 is 0 Å². The van der Waals surface area contributed by atoms with E-state index in [2.05, 4.69) is 36.3 Å². The molecular weight excluding hydrogens is 466 g/mol. The largest absolute Gasteiger partial charge is 0.495 e. The first-order valence-electron chi connectivity index (χ1n) is 11.8. The van der Waals surface area contributed by atoms with Crippen LogP contribution in [-0.2, 0) is 6.42 Å². The Balaban J connectivity index is 1.71. The fraction of sp³-hybridized carbons (Fsp3) is 0.185. The van der Waals surface area contributed by atoms with E-state index in [-0.39, 0.29) is 0 Å². The van der Waals surface area contributed by atoms with Gasteiger partial charge in [-0.1, -0.05) is 19.1 Å². The van der Waals surface area contributed by atoms with E-state index in [1.807, 2.05) is 69.3 Å². The number of rotatable bonds is 10. The van der Waals surface area contributed by atoms with E-state index in [4.69, 9.17) is 14.7 Å². The molecule has 0 fully saturated rings. The molecule has 0 amide bonds. The fourth-order valence-electron chi connectivity index (χ4n) is 3.52. The summed E-state index contributed by atoms with van der Waals surface area (Å²) in [6.07, 6.45) is 7.58. The van der Waals surface area contributed by atoms with Gasteiger partial charge in [-0.05, 0) is 56.7 Å². The zero-order chi connectivity index (χ0) is 26.0. The Kier molecular flexibility index (Phi) is 8.33. The Morgan fingerprint density at radius 3 is 1.78 bits per heavy atom. The van der Waals surface area contributed by atoms with Crippen LogP contribution < -0.4 is 20.9 Å². The van der Waals surface area contributed by atoms with Gasteiger partial charge in [-0.25, -0.2) is 0 Å². The minimum Gasteiger partial charge on any atom is -0.495 e. The predicted molar refractivity (Wildman–Crippen MR) is 148 cm³/mol. The van der Waals surface area contributed by atoms with Gasteiger partial charge in [-0.3, -0.25) is 20.8 Å². The molecule has 0 saturated heterocycles. The highest BCUT2D eigenvalue weighted by atomic mass is 16.5. The highest BCUT2D eigenvalue weighted by Crippen LogP contribution is 2.29. The van der Waals surface area contributed by atoms with Crippen LogP contribution in [0.2, 0.25) is 0 Å². The summed E-state index contributed by atoms with van der Waals surface area (Å²) in [7, 11) is 1.62. The van der Waals surface area contributed by atoms with Crippen LogP contribution >= 0.6 is 0 Å². The van der Waals surface area contributed by atoms with Gasteiger partial charge in [0.15, 0.2) is 11.6 Å². The molecule has 4 rings (SSSR count). The van der Waals surface area contributed by atoms with Crippen LogP contribution in [0.5, 0.6) is 5.75 Å². The molecule has 1 aromatic carbocycles. The lowest BCUT2D eigenvalue weighted by molar-refractivity contribution is 0.417. The predicted octanol–water partition coefficient (Wildman–Crippen LogP) is 5.25. The maximum atomic E-state index is 5.48. The topological polar surface area (TPSA) is 122 Å². The average molecular weight is 496 g/mol. The van der Waals surface area contributed by atoms with Gasteiger partial charge in [-0.2, -0.15) is 20.2 Å². The number of nitrogens with zero attached hydrogens (tertiary/aromatic N) is 6. The van der Waals surface area contributed by atoms with Gasteiger partial charge in [0, 0.05) is 41.5 Å². The third-order valence-corrected chi connectivity index (χ3v) is 5.57. The maximum absolute atomic E-state index is 5.48. The number of methoxy groups -OCH3 is 1. The molecule has 0 aliphatic carbocycles. The molecule has 0 aliphatic rings. The Hall–Kier alpha value is -4.86. The van der Waals surface area contributed by atoms with Gasteiger partial charge in [0.2, 0.25) is 5.95 Å². The summed E-state index contributed by atoms with van der Waals surface area (Å²) in [5.74, 6) is 2.15. The van der Waals surface area contributed by atoms with Gasteiger partial charge >= 0.3 is 0 Å². The molecule has 0 atom stereocenters. The van der Waals surface area contributed by atoms with Crippen LogP contribution in [0.15, 0.2) is 83.5 Å². The molecule has 0 unspecified atom stereocenters. The first-order chi connectivity index (χ1) is 18.1. The van der Waals surface area contributed by atoms with Crippen molar-refractivity contribution in [3.63, 3.8) is 0 Å². The number of ether oxygens (including phenoxy) is 1. The Labute approximate surface area is 216 Å². The van der Waals surface area contributed by atoms with Crippen LogP contribution in [0.1, 0.15) is 37.5 Å². The van der Waals surface area contributed by atoms with Crippen molar-refractivity contribution in [2.75, 3.05) is 23.3 Å². The van der Waals surface area contributed by atoms with Crippen molar-refractivity contribution in [1.29, 1.82) is 0 Å². The summed E-state index contributed by atoms with van der Waals surface area (Å²) >= 11 is 0. The number of benzene rings is 1. The third kappa shape index (κ3) is 6.43. The van der Waals surface area contributed by atoms with Crippen LogP contribution in [0.25, 0.3) is 0 Å². The summed E-state index contributed by atoms with van der Waals surface area (Å²) < 4.78 is 5.48. The molecule has 10 nitrogen and oxygen atoms in total. The summed E-state index contributed by atoms with van der Waals surface area (Å²) in [5, 5.41) is 12.4. The molecule has 3 aromatic heterocycles. The van der Waals surface area contributed by atoms with E-state index in [1.54, 1.807) is 31.9 Å². The number of aromatic nitrogens is 4. The number of para-hydroxylation sites is 2. The standard InChI is InChI=1S/C27H29N9O/c1-5-22-25(35-33-18(2)20-10-14-28-15-11-20)31-27(30-23-8-6-7-9-24(23)37-4)32-26(22)36-34-19(3)21-12-16-29-17-13-21/h6-17H,5H2,1-4H3,(H3,30,31,32,35,36). The van der Waals surface area contributed by atoms with Crippen molar-refractivity contribution in [2.24, 2.45) is 10.2 Å². The van der Waals surface area contributed by atoms with Crippen molar-refractivity contribution in [3.05, 3.63) is 90.0 Å². The van der Waals surface area contributed by atoms with E-state index in [9.17, 15) is 0 Å². The molecule has 3 N–H and O–H groups in total. The van der Waals surface area contributed by atoms with Gasteiger partial charge < -0.3 is 10.1 Å². The minimum absolute atomic E-state index is 0.361. The average Bonchev–Trinajstić information content (AvgIpc) is 2.95. The Morgan fingerprint density at radius 2 is 1.30 bits per heavy atom. The van der Waals surface area contributed by atoms with Gasteiger partial charge in [0.05, 0.1) is 24.2 Å². The van der Waals surface area contributed by atoms with E-state index < -0.39 is 0 Å². The van der Waals surface area contributed by atoms with Crippen LogP contribution in [-0.4, -0.2) is 38.5 Å². The SMILES string of the molecule is CCc1c(NN=C(C)c2ccncc2)nc(Nc2ccccc2OC)nc1NN=C(C)c1ccncc1. The summed E-state index contributed by atoms with van der Waals surface area (Å²) in [6, 6.07) is 15.2. The molecule has 0 radical (unpaired) electrons. The zero-order valence-electron chi connectivity index (χ0n) is 21.2. The van der Waals surface area contributed by atoms with Crippen LogP contribution in [0, 0.1) is 0 Å². The number of hydrazone groups is 2. The molecule has 0 saturated carbocycles. The quantitative estimate of drug-likeness (QED) is 0.201. The van der Waals surface area contributed by atoms with Gasteiger partial charge in [0.1, 0.15) is 5.75 Å². The smallest absolute Gasteiger partial charge is 0.231 e. The van der Waals surface area contributed by atoms with Crippen molar-refractivity contribution >= 4 is 34.7 Å². The van der Waals surface area contributed by atoms with Gasteiger partial charge in [0.25, 0.3) is 0 Å². The zero-order valence-corrected chi connectivity index (χ0v) is 21.2. The molecule has 0 bridgehead atoms. The highest BCUT2D eigenvalue weighted by molar-refractivity contribution is 5.99. The second-order valence-corrected chi connectivity index (χ2v) is 7.99. The second-order valence-electron chi connectivity index (χ2n) is 7.99. The molecular formula is C27H29N9O. The van der Waals surface area contributed by atoms with Crippen molar-refractivity contribution < 1.29 is 4.74 Å². The lowest BCUT2D eigenvalue weighted by Gasteiger charge is -2.16. The molecule has 0 spiro atoms. The first-order valence-corrected chi connectivity index (χ1v) is 11.8. The minimum atomic E-state index is 0.361. The van der Waals surface area contributed by atoms with Crippen molar-refractivity contribution in [2.45, 2.75) is 27.2 Å². The summed E-state index contributed by atoms with van der Waals surface area (Å²) in [6.45, 7) is 5.87. The normalized spacial score (nSPS) is 11.7. The summed E-state index contributed by atoms with van der Waals surface area (Å²) in [5.41, 5.74) is 11.3.